The molecule has 8 nitrogen and oxygen atoms in total. The maximum absolute atomic E-state index is 13.1. The molecule has 1 aromatic rings. The maximum Gasteiger partial charge on any atom is 0.310 e. The largest absolute Gasteiger partial charge is 0.466 e. The van der Waals surface area contributed by atoms with Gasteiger partial charge in [0, 0.05) is 31.7 Å². The number of hydrogen-bond donors (Lipinski definition) is 0. The van der Waals surface area contributed by atoms with Crippen LogP contribution in [-0.2, 0) is 24.3 Å². The van der Waals surface area contributed by atoms with Crippen molar-refractivity contribution >= 4 is 21.9 Å². The van der Waals surface area contributed by atoms with Crippen LogP contribution in [0.3, 0.4) is 0 Å². The lowest BCUT2D eigenvalue weighted by molar-refractivity contribution is -0.149. The van der Waals surface area contributed by atoms with Crippen molar-refractivity contribution in [1.82, 2.24) is 9.21 Å². The van der Waals surface area contributed by atoms with Crippen LogP contribution in [0.15, 0.2) is 23.1 Å². The number of carbonyl (C=O) groups excluding carboxylic acids is 2. The molecule has 0 bridgehead atoms. The van der Waals surface area contributed by atoms with Crippen molar-refractivity contribution < 1.29 is 27.5 Å². The average Bonchev–Trinajstić information content (AvgIpc) is 2.74. The number of rotatable bonds is 5. The first-order valence-electron chi connectivity index (χ1n) is 9.99. The van der Waals surface area contributed by atoms with Gasteiger partial charge in [0.15, 0.2) is 0 Å². The Morgan fingerprint density at radius 1 is 1.21 bits per heavy atom. The van der Waals surface area contributed by atoms with Crippen LogP contribution in [-0.4, -0.2) is 75.5 Å². The summed E-state index contributed by atoms with van der Waals surface area (Å²) in [4.78, 5) is 27.0. The molecule has 1 amide bonds. The first-order chi connectivity index (χ1) is 13.8. The van der Waals surface area contributed by atoms with E-state index < -0.39 is 10.0 Å². The third-order valence-electron chi connectivity index (χ3n) is 5.38. The molecule has 1 atom stereocenters. The Hall–Kier alpha value is -1.97. The molecule has 0 spiro atoms. The monoisotopic (exact) mass is 424 g/mol. The van der Waals surface area contributed by atoms with Crippen LogP contribution in [0, 0.1) is 12.8 Å². The fraction of sp³-hybridized carbons (Fsp3) is 0.600. The Kier molecular flexibility index (Phi) is 6.92. The summed E-state index contributed by atoms with van der Waals surface area (Å²) in [5, 5.41) is 0. The summed E-state index contributed by atoms with van der Waals surface area (Å²) in [6, 6.07) is 4.65. The molecule has 0 saturated carbocycles. The number of likely N-dealkylation sites (tertiary alicyclic amines) is 1. The van der Waals surface area contributed by atoms with Gasteiger partial charge >= 0.3 is 5.97 Å². The molecule has 0 aliphatic carbocycles. The lowest BCUT2D eigenvalue weighted by Gasteiger charge is -2.32. The highest BCUT2D eigenvalue weighted by molar-refractivity contribution is 7.89. The molecule has 3 rings (SSSR count). The lowest BCUT2D eigenvalue weighted by Crippen LogP contribution is -2.43. The highest BCUT2D eigenvalue weighted by Crippen LogP contribution is 2.24. The fourth-order valence-electron chi connectivity index (χ4n) is 3.71. The number of carbonyl (C=O) groups is 2. The molecular weight excluding hydrogens is 396 g/mol. The standard InChI is InChI=1S/C20H28N2O6S/c1-3-28-20(24)16-5-4-8-21(14-16)19(23)18-13-17(7-6-15(18)2)29(25,26)22-9-11-27-12-10-22/h6-7,13,16H,3-5,8-12,14H2,1-2H3/t16-/m1/s1. The summed E-state index contributed by atoms with van der Waals surface area (Å²) in [7, 11) is -3.69. The molecule has 0 N–H and O–H groups in total. The van der Waals surface area contributed by atoms with Gasteiger partial charge in [-0.05, 0) is 44.4 Å². The molecule has 2 saturated heterocycles. The van der Waals surface area contributed by atoms with Gasteiger partial charge in [0.1, 0.15) is 0 Å². The van der Waals surface area contributed by atoms with Crippen LogP contribution in [0.1, 0.15) is 35.7 Å². The van der Waals surface area contributed by atoms with E-state index in [1.54, 1.807) is 24.8 Å². The predicted molar refractivity (Wildman–Crippen MR) is 106 cm³/mol. The van der Waals surface area contributed by atoms with Gasteiger partial charge in [0.2, 0.25) is 10.0 Å². The number of amides is 1. The van der Waals surface area contributed by atoms with Gasteiger partial charge < -0.3 is 14.4 Å². The van der Waals surface area contributed by atoms with E-state index in [-0.39, 0.29) is 29.2 Å². The first kappa shape index (κ1) is 21.7. The number of sulfonamides is 1. The van der Waals surface area contributed by atoms with Gasteiger partial charge in [-0.15, -0.1) is 0 Å². The summed E-state index contributed by atoms with van der Waals surface area (Å²) < 4.78 is 37.6. The molecule has 160 valence electrons. The molecule has 1 aromatic carbocycles. The van der Waals surface area contributed by atoms with Crippen LogP contribution < -0.4 is 0 Å². The number of ether oxygens (including phenoxy) is 2. The maximum atomic E-state index is 13.1. The molecule has 0 unspecified atom stereocenters. The molecule has 2 aliphatic heterocycles. The second-order valence-corrected chi connectivity index (χ2v) is 9.27. The van der Waals surface area contributed by atoms with Crippen molar-refractivity contribution in [2.24, 2.45) is 5.92 Å². The molecule has 0 radical (unpaired) electrons. The molecule has 0 aromatic heterocycles. The number of aryl methyl sites for hydroxylation is 1. The zero-order chi connectivity index (χ0) is 21.0. The fourth-order valence-corrected chi connectivity index (χ4v) is 5.15. The Balaban J connectivity index is 1.82. The van der Waals surface area contributed by atoms with Crippen LogP contribution >= 0.6 is 0 Å². The summed E-state index contributed by atoms with van der Waals surface area (Å²) in [6.07, 6.45) is 1.40. The average molecular weight is 425 g/mol. The number of nitrogens with zero attached hydrogens (tertiary/aromatic N) is 2. The minimum Gasteiger partial charge on any atom is -0.466 e. The van der Waals surface area contributed by atoms with E-state index in [1.165, 1.54) is 16.4 Å². The van der Waals surface area contributed by atoms with E-state index in [4.69, 9.17) is 9.47 Å². The molecule has 2 heterocycles. The molecular formula is C20H28N2O6S. The zero-order valence-corrected chi connectivity index (χ0v) is 17.7. The van der Waals surface area contributed by atoms with Crippen LogP contribution in [0.4, 0.5) is 0 Å². The van der Waals surface area contributed by atoms with E-state index in [0.717, 1.165) is 0 Å². The minimum atomic E-state index is -3.69. The SMILES string of the molecule is CCOC(=O)[C@@H]1CCCN(C(=O)c2cc(S(=O)(=O)N3CCOCC3)ccc2C)C1. The lowest BCUT2D eigenvalue weighted by atomic mass is 9.97. The minimum absolute atomic E-state index is 0.104. The second kappa shape index (κ2) is 9.23. The van der Waals surface area contributed by atoms with Crippen molar-refractivity contribution in [3.63, 3.8) is 0 Å². The smallest absolute Gasteiger partial charge is 0.310 e. The van der Waals surface area contributed by atoms with E-state index >= 15 is 0 Å². The second-order valence-electron chi connectivity index (χ2n) is 7.34. The van der Waals surface area contributed by atoms with E-state index in [9.17, 15) is 18.0 Å². The van der Waals surface area contributed by atoms with Gasteiger partial charge in [-0.3, -0.25) is 9.59 Å². The Morgan fingerprint density at radius 2 is 1.93 bits per heavy atom. The number of piperidine rings is 1. The quantitative estimate of drug-likeness (QED) is 0.664. The number of benzene rings is 1. The van der Waals surface area contributed by atoms with Gasteiger partial charge in [0.05, 0.1) is 30.6 Å². The van der Waals surface area contributed by atoms with Gasteiger partial charge in [-0.2, -0.15) is 4.31 Å². The molecule has 9 heteroatoms. The summed E-state index contributed by atoms with van der Waals surface area (Å²) >= 11 is 0. The van der Waals surface area contributed by atoms with Crippen molar-refractivity contribution in [2.45, 2.75) is 31.6 Å². The van der Waals surface area contributed by atoms with Crippen LogP contribution in [0.5, 0.6) is 0 Å². The Labute approximate surface area is 171 Å². The van der Waals surface area contributed by atoms with E-state index in [0.29, 0.717) is 63.4 Å². The number of hydrogen-bond acceptors (Lipinski definition) is 6. The van der Waals surface area contributed by atoms with Crippen molar-refractivity contribution in [3.05, 3.63) is 29.3 Å². The number of esters is 1. The Morgan fingerprint density at radius 3 is 2.62 bits per heavy atom. The first-order valence-corrected chi connectivity index (χ1v) is 11.4. The zero-order valence-electron chi connectivity index (χ0n) is 16.9. The predicted octanol–water partition coefficient (Wildman–Crippen LogP) is 1.43. The Bertz CT molecular complexity index is 864. The van der Waals surface area contributed by atoms with Gasteiger partial charge in [-0.1, -0.05) is 6.07 Å². The van der Waals surface area contributed by atoms with Gasteiger partial charge in [0.25, 0.3) is 5.91 Å². The highest BCUT2D eigenvalue weighted by Gasteiger charge is 2.32. The van der Waals surface area contributed by atoms with Crippen LogP contribution in [0.2, 0.25) is 0 Å². The summed E-state index contributed by atoms with van der Waals surface area (Å²) in [5.74, 6) is -0.880. The molecule has 2 aliphatic rings. The highest BCUT2D eigenvalue weighted by atomic mass is 32.2. The normalized spacial score (nSPS) is 21.0. The molecule has 29 heavy (non-hydrogen) atoms. The summed E-state index contributed by atoms with van der Waals surface area (Å²) in [5.41, 5.74) is 1.05. The third kappa shape index (κ3) is 4.79. The third-order valence-corrected chi connectivity index (χ3v) is 7.27. The van der Waals surface area contributed by atoms with Crippen molar-refractivity contribution in [2.75, 3.05) is 46.0 Å². The van der Waals surface area contributed by atoms with Crippen LogP contribution in [0.25, 0.3) is 0 Å². The topological polar surface area (TPSA) is 93.2 Å². The van der Waals surface area contributed by atoms with E-state index in [2.05, 4.69) is 0 Å². The van der Waals surface area contributed by atoms with Gasteiger partial charge in [-0.25, -0.2) is 8.42 Å². The number of morpholine rings is 1. The van der Waals surface area contributed by atoms with Crippen molar-refractivity contribution in [1.29, 1.82) is 0 Å². The summed E-state index contributed by atoms with van der Waals surface area (Å²) in [6.45, 7) is 5.99. The van der Waals surface area contributed by atoms with Crippen molar-refractivity contribution in [3.8, 4) is 0 Å². The molecule has 2 fully saturated rings. The van der Waals surface area contributed by atoms with E-state index in [1.807, 2.05) is 0 Å².